The summed E-state index contributed by atoms with van der Waals surface area (Å²) in [6.07, 6.45) is 11.6. The van der Waals surface area contributed by atoms with Crippen LogP contribution in [0.25, 0.3) is 5.65 Å². The van der Waals surface area contributed by atoms with Crippen molar-refractivity contribution in [1.82, 2.24) is 29.6 Å². The first kappa shape index (κ1) is 30.7. The second-order valence-electron chi connectivity index (χ2n) is 13.7. The highest BCUT2D eigenvalue weighted by atomic mass is 16.5. The monoisotopic (exact) mass is 607 g/mol. The molecular weight excluding hydrogens is 562 g/mol. The van der Waals surface area contributed by atoms with Crippen molar-refractivity contribution >= 4 is 17.4 Å². The van der Waals surface area contributed by atoms with Gasteiger partial charge in [0.15, 0.2) is 11.8 Å². The first-order valence-electron chi connectivity index (χ1n) is 15.8. The van der Waals surface area contributed by atoms with E-state index >= 15 is 0 Å². The molecule has 44 heavy (non-hydrogen) atoms. The molecule has 3 aromatic heterocycles. The largest absolute Gasteiger partial charge is 0.479 e. The number of anilines is 1. The number of piperidine rings is 1. The molecule has 1 N–H and O–H groups in total. The van der Waals surface area contributed by atoms with Crippen molar-refractivity contribution in [2.24, 2.45) is 0 Å². The number of rotatable bonds is 3. The van der Waals surface area contributed by atoms with E-state index in [9.17, 15) is 9.90 Å². The molecule has 7 rings (SSSR count). The van der Waals surface area contributed by atoms with Crippen LogP contribution in [0.3, 0.4) is 0 Å². The molecule has 12 nitrogen and oxygen atoms in total. The number of aromatic nitrogens is 6. The predicted octanol–water partition coefficient (Wildman–Crippen LogP) is 4.74. The summed E-state index contributed by atoms with van der Waals surface area (Å²) in [5, 5.41) is 24.4. The molecule has 3 aliphatic heterocycles. The molecule has 1 atom stereocenters. The van der Waals surface area contributed by atoms with Crippen molar-refractivity contribution in [3.63, 3.8) is 0 Å². The van der Waals surface area contributed by atoms with E-state index < -0.39 is 23.3 Å². The third-order valence-corrected chi connectivity index (χ3v) is 9.07. The highest BCUT2D eigenvalue weighted by Gasteiger charge is 2.39. The molecule has 1 saturated heterocycles. The van der Waals surface area contributed by atoms with Gasteiger partial charge in [0.05, 0.1) is 48.4 Å². The number of fused-ring (bicyclic) bond motifs is 6. The van der Waals surface area contributed by atoms with Gasteiger partial charge in [-0.2, -0.15) is 9.61 Å². The van der Waals surface area contributed by atoms with Gasteiger partial charge in [-0.05, 0) is 60.3 Å². The molecule has 6 heterocycles. The highest BCUT2D eigenvalue weighted by molar-refractivity contribution is 5.78. The Labute approximate surface area is 258 Å². The molecule has 6 bridgehead atoms. The summed E-state index contributed by atoms with van der Waals surface area (Å²) in [6, 6.07) is 1.94. The predicted molar refractivity (Wildman–Crippen MR) is 164 cm³/mol. The number of aliphatic carboxylic acids is 1. The second-order valence-corrected chi connectivity index (χ2v) is 13.7. The van der Waals surface area contributed by atoms with Crippen molar-refractivity contribution < 1.29 is 24.1 Å². The van der Waals surface area contributed by atoms with Crippen LogP contribution in [0.15, 0.2) is 24.4 Å². The van der Waals surface area contributed by atoms with Crippen molar-refractivity contribution in [2.75, 3.05) is 31.2 Å². The SMILES string of the molecule is Cc1nc2cc3nn2c(c1[C@H](OC(C)(C)C)C(=O)O)N1CCC(C)(CC1)OCC=CCOC1(CCCCC1)c1cn(nn1)C3. The van der Waals surface area contributed by atoms with Gasteiger partial charge in [0.1, 0.15) is 17.1 Å². The summed E-state index contributed by atoms with van der Waals surface area (Å²) in [5.41, 5.74) is 1.92. The normalized spacial score (nSPS) is 21.3. The topological polar surface area (TPSA) is 129 Å². The minimum Gasteiger partial charge on any atom is -0.479 e. The fraction of sp³-hybridized carbons (Fsp3) is 0.656. The van der Waals surface area contributed by atoms with E-state index in [-0.39, 0.29) is 5.60 Å². The van der Waals surface area contributed by atoms with Crippen LogP contribution in [0.2, 0.25) is 0 Å². The summed E-state index contributed by atoms with van der Waals surface area (Å²) >= 11 is 0. The average molecular weight is 608 g/mol. The summed E-state index contributed by atoms with van der Waals surface area (Å²) in [7, 11) is 0. The lowest BCUT2D eigenvalue weighted by Crippen LogP contribution is -2.45. The Morgan fingerprint density at radius 3 is 2.45 bits per heavy atom. The van der Waals surface area contributed by atoms with E-state index in [0.717, 1.165) is 49.9 Å². The van der Waals surface area contributed by atoms with Crippen molar-refractivity contribution in [3.05, 3.63) is 47.1 Å². The molecule has 1 saturated carbocycles. The first-order chi connectivity index (χ1) is 21.0. The van der Waals surface area contributed by atoms with Gasteiger partial charge in [-0.1, -0.05) is 36.6 Å². The summed E-state index contributed by atoms with van der Waals surface area (Å²) in [4.78, 5) is 19.8. The maximum Gasteiger partial charge on any atom is 0.337 e. The van der Waals surface area contributed by atoms with Crippen molar-refractivity contribution in [3.8, 4) is 0 Å². The van der Waals surface area contributed by atoms with Gasteiger partial charge in [0, 0.05) is 24.8 Å². The number of nitrogens with zero attached hydrogens (tertiary/aromatic N) is 7. The van der Waals surface area contributed by atoms with E-state index in [1.54, 1.807) is 9.20 Å². The lowest BCUT2D eigenvalue weighted by atomic mass is 9.82. The molecule has 4 aliphatic rings. The van der Waals surface area contributed by atoms with Crippen LogP contribution >= 0.6 is 0 Å². The van der Waals surface area contributed by atoms with E-state index in [1.165, 1.54) is 6.42 Å². The fourth-order valence-electron chi connectivity index (χ4n) is 6.71. The fourth-order valence-corrected chi connectivity index (χ4v) is 6.71. The minimum absolute atomic E-state index is 0.308. The van der Waals surface area contributed by atoms with Gasteiger partial charge in [0.25, 0.3) is 0 Å². The Morgan fingerprint density at radius 2 is 1.77 bits per heavy atom. The second kappa shape index (κ2) is 11.9. The number of carbonyl (C=O) groups is 1. The van der Waals surface area contributed by atoms with Gasteiger partial charge in [0.2, 0.25) is 0 Å². The number of ether oxygens (including phenoxy) is 3. The van der Waals surface area contributed by atoms with Crippen LogP contribution in [0, 0.1) is 6.92 Å². The first-order valence-corrected chi connectivity index (χ1v) is 15.8. The van der Waals surface area contributed by atoms with Gasteiger partial charge < -0.3 is 24.2 Å². The van der Waals surface area contributed by atoms with Gasteiger partial charge in [-0.15, -0.1) is 5.10 Å². The van der Waals surface area contributed by atoms with Crippen LogP contribution in [0.1, 0.15) is 101 Å². The molecule has 1 spiro atoms. The molecule has 0 amide bonds. The third-order valence-electron chi connectivity index (χ3n) is 9.07. The Bertz CT molecular complexity index is 1520. The zero-order valence-corrected chi connectivity index (χ0v) is 26.6. The maximum absolute atomic E-state index is 12.7. The van der Waals surface area contributed by atoms with E-state index in [1.807, 2.05) is 52.1 Å². The Kier molecular flexibility index (Phi) is 8.27. The molecule has 3 aromatic rings. The van der Waals surface area contributed by atoms with E-state index in [2.05, 4.69) is 22.1 Å². The third kappa shape index (κ3) is 6.25. The molecule has 0 radical (unpaired) electrons. The smallest absolute Gasteiger partial charge is 0.337 e. The zero-order valence-electron chi connectivity index (χ0n) is 26.6. The minimum atomic E-state index is -1.21. The standard InChI is InChI=1S/C32H45N7O5/c1-22-26(27(29(40)41)44-30(2,3)4)28-37-15-13-31(5,14-16-37)42-17-9-10-18-43-32(11-7-6-8-12-32)24-21-38(36-34-24)20-23-19-25(33-22)39(28)35-23/h9-10,19,21,27H,6-8,11-18,20H2,1-5H3,(H,40,41)/t27-/m0/s1. The van der Waals surface area contributed by atoms with Crippen molar-refractivity contribution in [2.45, 2.75) is 109 Å². The maximum atomic E-state index is 12.7. The van der Waals surface area contributed by atoms with Crippen LogP contribution in [-0.4, -0.2) is 78.2 Å². The van der Waals surface area contributed by atoms with E-state index in [4.69, 9.17) is 24.3 Å². The van der Waals surface area contributed by atoms with E-state index in [0.29, 0.717) is 55.6 Å². The summed E-state index contributed by atoms with van der Waals surface area (Å²) < 4.78 is 22.7. The summed E-state index contributed by atoms with van der Waals surface area (Å²) in [6.45, 7) is 12.3. The zero-order chi connectivity index (χ0) is 31.1. The number of aryl methyl sites for hydroxylation is 1. The van der Waals surface area contributed by atoms with Crippen molar-refractivity contribution in [1.29, 1.82) is 0 Å². The van der Waals surface area contributed by atoms with Crippen LogP contribution in [0.4, 0.5) is 5.82 Å². The molecule has 1 aliphatic carbocycles. The van der Waals surface area contributed by atoms with Gasteiger partial charge in [-0.3, -0.25) is 0 Å². The number of hydrogen-bond donors (Lipinski definition) is 1. The van der Waals surface area contributed by atoms with Gasteiger partial charge >= 0.3 is 5.97 Å². The Balaban J connectivity index is 1.46. The Hall–Kier alpha value is -3.35. The molecular formula is C32H45N7O5. The molecule has 238 valence electrons. The van der Waals surface area contributed by atoms with Gasteiger partial charge in [-0.25, -0.2) is 14.5 Å². The number of hydrogen-bond acceptors (Lipinski definition) is 9. The lowest BCUT2D eigenvalue weighted by Gasteiger charge is -2.41. The molecule has 12 heteroatoms. The quantitative estimate of drug-likeness (QED) is 0.417. The molecule has 0 aromatic carbocycles. The van der Waals surface area contributed by atoms with Crippen LogP contribution in [0.5, 0.6) is 0 Å². The molecule has 2 fully saturated rings. The van der Waals surface area contributed by atoms with Crippen LogP contribution < -0.4 is 4.90 Å². The lowest BCUT2D eigenvalue weighted by molar-refractivity contribution is -0.160. The van der Waals surface area contributed by atoms with Crippen LogP contribution in [-0.2, 0) is 31.2 Å². The number of carboxylic acids is 1. The Morgan fingerprint density at radius 1 is 1.07 bits per heavy atom. The molecule has 0 unspecified atom stereocenters. The average Bonchev–Trinajstić information content (AvgIpc) is 3.60. The number of carboxylic acid groups (broad SMARTS) is 1. The highest BCUT2D eigenvalue weighted by Crippen LogP contribution is 2.40. The summed E-state index contributed by atoms with van der Waals surface area (Å²) in [5.74, 6) is -0.363.